The second kappa shape index (κ2) is 7.17. The molecule has 0 saturated carbocycles. The normalized spacial score (nSPS) is 12.6. The maximum Gasteiger partial charge on any atom is 0.131 e. The topological polar surface area (TPSA) is 50.1 Å². The minimum atomic E-state index is -1.28. The van der Waals surface area contributed by atoms with Crippen LogP contribution in [-0.4, -0.2) is 21.4 Å². The quantitative estimate of drug-likeness (QED) is 0.856. The zero-order valence-electron chi connectivity index (χ0n) is 12.4. The first-order valence-electron chi connectivity index (χ1n) is 6.98. The zero-order valence-corrected chi connectivity index (χ0v) is 13.2. The molecule has 0 radical (unpaired) electrons. The Morgan fingerprint density at radius 3 is 2.59 bits per heavy atom. The molecule has 120 valence electrons. The monoisotopic (exact) mass is 329 g/mol. The highest BCUT2D eigenvalue weighted by Gasteiger charge is 2.18. The standard InChI is InChI=1S/C15H18ClF2N3O/c1-3-12-9(15(16)21(2)20-12)7-19-8-13(22)14-10(17)5-4-6-11(14)18/h4-6,13,19,22H,3,7-8H2,1-2H3. The van der Waals surface area contributed by atoms with Crippen LogP contribution in [0.5, 0.6) is 0 Å². The van der Waals surface area contributed by atoms with Crippen LogP contribution in [0.1, 0.15) is 29.8 Å². The van der Waals surface area contributed by atoms with Crippen molar-refractivity contribution in [3.8, 4) is 0 Å². The number of aromatic nitrogens is 2. The van der Waals surface area contributed by atoms with Crippen molar-refractivity contribution < 1.29 is 13.9 Å². The number of nitrogens with zero attached hydrogens (tertiary/aromatic N) is 2. The van der Waals surface area contributed by atoms with Crippen LogP contribution in [0.4, 0.5) is 8.78 Å². The highest BCUT2D eigenvalue weighted by Crippen LogP contribution is 2.22. The molecule has 0 amide bonds. The molecule has 1 atom stereocenters. The molecule has 0 bridgehead atoms. The van der Waals surface area contributed by atoms with Gasteiger partial charge in [0.1, 0.15) is 16.8 Å². The van der Waals surface area contributed by atoms with Crippen LogP contribution < -0.4 is 5.32 Å². The van der Waals surface area contributed by atoms with E-state index in [4.69, 9.17) is 11.6 Å². The highest BCUT2D eigenvalue weighted by molar-refractivity contribution is 6.30. The van der Waals surface area contributed by atoms with E-state index in [0.29, 0.717) is 11.7 Å². The van der Waals surface area contributed by atoms with Gasteiger partial charge >= 0.3 is 0 Å². The van der Waals surface area contributed by atoms with Crippen molar-refractivity contribution in [1.29, 1.82) is 0 Å². The zero-order chi connectivity index (χ0) is 16.3. The first-order valence-corrected chi connectivity index (χ1v) is 7.36. The van der Waals surface area contributed by atoms with Crippen LogP contribution >= 0.6 is 11.6 Å². The first-order chi connectivity index (χ1) is 10.5. The molecule has 0 aliphatic carbocycles. The summed E-state index contributed by atoms with van der Waals surface area (Å²) in [5.74, 6) is -1.52. The molecule has 1 unspecified atom stereocenters. The van der Waals surface area contributed by atoms with E-state index in [2.05, 4.69) is 10.4 Å². The number of halogens is 3. The fourth-order valence-corrected chi connectivity index (χ4v) is 2.54. The van der Waals surface area contributed by atoms with Gasteiger partial charge in [-0.3, -0.25) is 4.68 Å². The fraction of sp³-hybridized carbons (Fsp3) is 0.400. The van der Waals surface area contributed by atoms with Gasteiger partial charge in [0, 0.05) is 25.7 Å². The number of benzene rings is 1. The second-order valence-electron chi connectivity index (χ2n) is 4.98. The highest BCUT2D eigenvalue weighted by atomic mass is 35.5. The van der Waals surface area contributed by atoms with E-state index >= 15 is 0 Å². The van der Waals surface area contributed by atoms with E-state index in [1.54, 1.807) is 11.7 Å². The third-order valence-electron chi connectivity index (χ3n) is 3.46. The van der Waals surface area contributed by atoms with Crippen molar-refractivity contribution in [3.05, 3.63) is 51.8 Å². The summed E-state index contributed by atoms with van der Waals surface area (Å²) in [5, 5.41) is 17.7. The van der Waals surface area contributed by atoms with Crippen LogP contribution in [-0.2, 0) is 20.0 Å². The van der Waals surface area contributed by atoms with Crippen molar-refractivity contribution in [2.24, 2.45) is 7.05 Å². The lowest BCUT2D eigenvalue weighted by Gasteiger charge is -2.14. The van der Waals surface area contributed by atoms with Crippen molar-refractivity contribution in [2.75, 3.05) is 6.54 Å². The Morgan fingerprint density at radius 2 is 2.00 bits per heavy atom. The van der Waals surface area contributed by atoms with Crippen molar-refractivity contribution in [1.82, 2.24) is 15.1 Å². The maximum atomic E-state index is 13.6. The molecule has 1 heterocycles. The van der Waals surface area contributed by atoms with Crippen LogP contribution in [0.3, 0.4) is 0 Å². The summed E-state index contributed by atoms with van der Waals surface area (Å²) in [4.78, 5) is 0. The van der Waals surface area contributed by atoms with Gasteiger partial charge < -0.3 is 10.4 Å². The van der Waals surface area contributed by atoms with Crippen LogP contribution in [0.25, 0.3) is 0 Å². The Labute approximate surface area is 132 Å². The van der Waals surface area contributed by atoms with Crippen molar-refractivity contribution >= 4 is 11.6 Å². The molecule has 2 aromatic rings. The molecule has 0 fully saturated rings. The summed E-state index contributed by atoms with van der Waals surface area (Å²) in [7, 11) is 1.74. The van der Waals surface area contributed by atoms with Gasteiger partial charge in [0.2, 0.25) is 0 Å². The number of nitrogens with one attached hydrogen (secondary N) is 1. The lowest BCUT2D eigenvalue weighted by atomic mass is 10.1. The molecule has 22 heavy (non-hydrogen) atoms. The van der Waals surface area contributed by atoms with Crippen LogP contribution in [0, 0.1) is 11.6 Å². The molecular formula is C15H18ClF2N3O. The van der Waals surface area contributed by atoms with Gasteiger partial charge in [0.15, 0.2) is 0 Å². The third-order valence-corrected chi connectivity index (χ3v) is 3.93. The van der Waals surface area contributed by atoms with Crippen molar-refractivity contribution in [2.45, 2.75) is 26.0 Å². The Bertz CT molecular complexity index is 640. The maximum absolute atomic E-state index is 13.6. The van der Waals surface area contributed by atoms with E-state index in [0.717, 1.165) is 29.8 Å². The minimum Gasteiger partial charge on any atom is -0.387 e. The second-order valence-corrected chi connectivity index (χ2v) is 5.33. The fourth-order valence-electron chi connectivity index (χ4n) is 2.32. The Hall–Kier alpha value is -1.50. The Kier molecular flexibility index (Phi) is 5.50. The SMILES string of the molecule is CCc1nn(C)c(Cl)c1CNCC(O)c1c(F)cccc1F. The molecule has 0 aliphatic rings. The molecule has 0 spiro atoms. The molecular weight excluding hydrogens is 312 g/mol. The lowest BCUT2D eigenvalue weighted by Crippen LogP contribution is -2.23. The van der Waals surface area contributed by atoms with Crippen LogP contribution in [0.15, 0.2) is 18.2 Å². The number of aliphatic hydroxyl groups excluding tert-OH is 1. The summed E-state index contributed by atoms with van der Waals surface area (Å²) in [5.41, 5.74) is 1.35. The molecule has 1 aromatic carbocycles. The largest absolute Gasteiger partial charge is 0.387 e. The van der Waals surface area contributed by atoms with Gasteiger partial charge in [0.25, 0.3) is 0 Å². The summed E-state index contributed by atoms with van der Waals surface area (Å²) < 4.78 is 28.7. The molecule has 2 rings (SSSR count). The average molecular weight is 330 g/mol. The number of rotatable bonds is 6. The Morgan fingerprint density at radius 1 is 1.36 bits per heavy atom. The molecule has 2 N–H and O–H groups in total. The predicted molar refractivity (Wildman–Crippen MR) is 80.6 cm³/mol. The number of hydrogen-bond acceptors (Lipinski definition) is 3. The van der Waals surface area contributed by atoms with E-state index in [1.165, 1.54) is 6.07 Å². The average Bonchev–Trinajstić information content (AvgIpc) is 2.74. The molecule has 0 saturated heterocycles. The van der Waals surface area contributed by atoms with E-state index in [1.807, 2.05) is 6.92 Å². The molecule has 7 heteroatoms. The minimum absolute atomic E-state index is 0.00618. The van der Waals surface area contributed by atoms with E-state index < -0.39 is 17.7 Å². The van der Waals surface area contributed by atoms with Gasteiger partial charge in [-0.25, -0.2) is 8.78 Å². The summed E-state index contributed by atoms with van der Waals surface area (Å²) in [6, 6.07) is 3.50. The smallest absolute Gasteiger partial charge is 0.131 e. The van der Waals surface area contributed by atoms with E-state index in [-0.39, 0.29) is 12.1 Å². The molecule has 0 aliphatic heterocycles. The predicted octanol–water partition coefficient (Wildman–Crippen LogP) is 2.74. The summed E-state index contributed by atoms with van der Waals surface area (Å²) in [6.07, 6.45) is -0.552. The molecule has 4 nitrogen and oxygen atoms in total. The van der Waals surface area contributed by atoms with Crippen molar-refractivity contribution in [3.63, 3.8) is 0 Å². The number of aryl methyl sites for hydroxylation is 2. The summed E-state index contributed by atoms with van der Waals surface area (Å²) in [6.45, 7) is 2.33. The van der Waals surface area contributed by atoms with Gasteiger partial charge in [-0.1, -0.05) is 24.6 Å². The number of hydrogen-bond donors (Lipinski definition) is 2. The van der Waals surface area contributed by atoms with Gasteiger partial charge in [-0.05, 0) is 18.6 Å². The van der Waals surface area contributed by atoms with Gasteiger partial charge in [-0.15, -0.1) is 0 Å². The van der Waals surface area contributed by atoms with Gasteiger partial charge in [0.05, 0.1) is 17.4 Å². The van der Waals surface area contributed by atoms with E-state index in [9.17, 15) is 13.9 Å². The Balaban J connectivity index is 2.02. The first kappa shape index (κ1) is 16.9. The van der Waals surface area contributed by atoms with Gasteiger partial charge in [-0.2, -0.15) is 5.10 Å². The van der Waals surface area contributed by atoms with Crippen LogP contribution in [0.2, 0.25) is 5.15 Å². The summed E-state index contributed by atoms with van der Waals surface area (Å²) >= 11 is 6.15. The molecule has 1 aromatic heterocycles. The third kappa shape index (κ3) is 3.45. The lowest BCUT2D eigenvalue weighted by molar-refractivity contribution is 0.164. The number of aliphatic hydroxyl groups is 1.